The lowest BCUT2D eigenvalue weighted by Gasteiger charge is -2.38. The van der Waals surface area contributed by atoms with Gasteiger partial charge < -0.3 is 9.47 Å². The average Bonchev–Trinajstić information content (AvgIpc) is 3.02. The molecule has 1 aromatic heterocycles. The Morgan fingerprint density at radius 3 is 2.43 bits per heavy atom. The Balaban J connectivity index is 1.50. The van der Waals surface area contributed by atoms with E-state index in [1.54, 1.807) is 4.57 Å². The topological polar surface area (TPSA) is 108 Å². The molecule has 2 heterocycles. The normalized spacial score (nSPS) is 18.5. The number of rotatable bonds is 4. The van der Waals surface area contributed by atoms with E-state index in [2.05, 4.69) is 20.7 Å². The minimum Gasteiger partial charge on any atom is -0.417 e. The van der Waals surface area contributed by atoms with E-state index in [1.165, 1.54) is 0 Å². The molecule has 146 valence electrons. The van der Waals surface area contributed by atoms with Crippen molar-refractivity contribution in [1.29, 1.82) is 0 Å². The number of aromatic nitrogens is 3. The van der Waals surface area contributed by atoms with Crippen molar-refractivity contribution in [2.24, 2.45) is 5.10 Å². The highest BCUT2D eigenvalue weighted by Crippen LogP contribution is 2.35. The average molecular weight is 383 g/mol. The van der Waals surface area contributed by atoms with Crippen LogP contribution in [0.25, 0.3) is 0 Å². The third-order valence-electron chi connectivity index (χ3n) is 4.95. The van der Waals surface area contributed by atoms with Crippen LogP contribution in [0.1, 0.15) is 43.5 Å². The Kier molecular flexibility index (Phi) is 4.81. The lowest BCUT2D eigenvalue weighted by molar-refractivity contribution is -0.237. The van der Waals surface area contributed by atoms with Crippen LogP contribution in [-0.4, -0.2) is 38.2 Å². The highest BCUT2D eigenvalue weighted by Gasteiger charge is 2.47. The largest absolute Gasteiger partial charge is 0.417 e. The number of hydrazone groups is 1. The van der Waals surface area contributed by atoms with Crippen LogP contribution in [0.3, 0.4) is 0 Å². The predicted molar refractivity (Wildman–Crippen MR) is 99.4 cm³/mol. The summed E-state index contributed by atoms with van der Waals surface area (Å²) < 4.78 is 12.6. The third-order valence-corrected chi connectivity index (χ3v) is 4.95. The Bertz CT molecular complexity index is 894. The highest BCUT2D eigenvalue weighted by atomic mass is 16.7. The summed E-state index contributed by atoms with van der Waals surface area (Å²) in [7, 11) is 0. The second-order valence-electron chi connectivity index (χ2n) is 6.97. The van der Waals surface area contributed by atoms with Crippen molar-refractivity contribution >= 4 is 23.6 Å². The summed E-state index contributed by atoms with van der Waals surface area (Å²) in [4.78, 5) is 24.7. The number of carbonyl (C=O) groups is 2. The molecule has 0 radical (unpaired) electrons. The summed E-state index contributed by atoms with van der Waals surface area (Å²) in [5.41, 5.74) is 3.28. The van der Waals surface area contributed by atoms with E-state index >= 15 is 0 Å². The van der Waals surface area contributed by atoms with Gasteiger partial charge in [-0.1, -0.05) is 36.8 Å². The number of benzene rings is 1. The monoisotopic (exact) mass is 383 g/mol. The number of hydrogen-bond acceptors (Lipinski definition) is 8. The van der Waals surface area contributed by atoms with Crippen LogP contribution in [0, 0.1) is 6.92 Å². The first kappa shape index (κ1) is 18.1. The van der Waals surface area contributed by atoms with Gasteiger partial charge >= 0.3 is 11.9 Å². The molecule has 1 aliphatic carbocycles. The number of hydrogen-bond donors (Lipinski definition) is 1. The molecule has 1 spiro atoms. The van der Waals surface area contributed by atoms with Gasteiger partial charge in [-0.2, -0.15) is 5.10 Å². The van der Waals surface area contributed by atoms with E-state index in [0.717, 1.165) is 24.8 Å². The van der Waals surface area contributed by atoms with Crippen LogP contribution in [0.5, 0.6) is 0 Å². The predicted octanol–water partition coefficient (Wildman–Crippen LogP) is 2.16. The van der Waals surface area contributed by atoms with Gasteiger partial charge in [0.15, 0.2) is 0 Å². The van der Waals surface area contributed by atoms with Crippen LogP contribution in [-0.2, 0) is 25.6 Å². The molecule has 0 amide bonds. The minimum absolute atomic E-state index is 0.312. The van der Waals surface area contributed by atoms with Crippen molar-refractivity contribution in [3.05, 3.63) is 41.7 Å². The lowest BCUT2D eigenvalue weighted by Crippen LogP contribution is -2.51. The highest BCUT2D eigenvalue weighted by molar-refractivity contribution is 6.63. The lowest BCUT2D eigenvalue weighted by atomic mass is 9.93. The van der Waals surface area contributed by atoms with E-state index in [9.17, 15) is 9.59 Å². The molecule has 0 bridgehead atoms. The van der Waals surface area contributed by atoms with Crippen molar-refractivity contribution in [2.75, 3.05) is 5.43 Å². The Labute approximate surface area is 161 Å². The first-order valence-corrected chi connectivity index (χ1v) is 9.30. The quantitative estimate of drug-likeness (QED) is 0.637. The number of nitrogens with one attached hydrogen (secondary N) is 1. The van der Waals surface area contributed by atoms with Crippen LogP contribution in [0.2, 0.25) is 0 Å². The molecule has 0 unspecified atom stereocenters. The summed E-state index contributed by atoms with van der Waals surface area (Å²) in [5.74, 6) is -1.71. The number of carbonyl (C=O) groups excluding carboxylic acids is 2. The fourth-order valence-corrected chi connectivity index (χ4v) is 3.45. The van der Waals surface area contributed by atoms with E-state index in [0.29, 0.717) is 31.2 Å². The van der Waals surface area contributed by atoms with Gasteiger partial charge in [0.25, 0.3) is 11.5 Å². The number of esters is 2. The Morgan fingerprint density at radius 2 is 1.75 bits per heavy atom. The van der Waals surface area contributed by atoms with Gasteiger partial charge in [-0.3, -0.25) is 4.57 Å². The Hall–Kier alpha value is -3.23. The molecule has 1 N–H and O–H groups in total. The van der Waals surface area contributed by atoms with Crippen LogP contribution >= 0.6 is 0 Å². The summed E-state index contributed by atoms with van der Waals surface area (Å²) in [6.07, 6.45) is 3.79. The fraction of sp³-hybridized carbons (Fsp3) is 0.421. The first-order valence-electron chi connectivity index (χ1n) is 9.30. The summed E-state index contributed by atoms with van der Waals surface area (Å²) in [6, 6.07) is 9.78. The number of aryl methyl sites for hydroxylation is 1. The maximum atomic E-state index is 12.3. The van der Waals surface area contributed by atoms with E-state index < -0.39 is 23.4 Å². The molecule has 1 saturated heterocycles. The molecule has 4 rings (SSSR count). The van der Waals surface area contributed by atoms with Crippen LogP contribution < -0.4 is 5.43 Å². The SMILES string of the molecule is Cc1nnc(NN=C2C(=O)OC3(CCCCC3)OC2=O)n1Cc1ccccc1. The molecule has 2 aliphatic rings. The zero-order chi connectivity index (χ0) is 19.6. The van der Waals surface area contributed by atoms with Crippen molar-refractivity contribution in [2.45, 2.75) is 51.4 Å². The second kappa shape index (κ2) is 7.41. The summed E-state index contributed by atoms with van der Waals surface area (Å²) >= 11 is 0. The zero-order valence-corrected chi connectivity index (χ0v) is 15.6. The standard InChI is InChI=1S/C19H21N5O4/c1-13-20-22-18(24(13)12-14-8-4-2-5-9-14)23-21-15-16(25)27-19(28-17(15)26)10-6-3-7-11-19/h2,4-5,8-9H,3,6-7,10-12H2,1H3,(H,22,23). The summed E-state index contributed by atoms with van der Waals surface area (Å²) in [6.45, 7) is 2.33. The van der Waals surface area contributed by atoms with Crippen molar-refractivity contribution in [3.8, 4) is 0 Å². The van der Waals surface area contributed by atoms with Gasteiger partial charge in [-0.25, -0.2) is 15.0 Å². The molecule has 28 heavy (non-hydrogen) atoms. The molecule has 2 aromatic rings. The van der Waals surface area contributed by atoms with Gasteiger partial charge in [-0.15, -0.1) is 10.2 Å². The number of anilines is 1. The maximum absolute atomic E-state index is 12.3. The van der Waals surface area contributed by atoms with E-state index in [-0.39, 0.29) is 0 Å². The zero-order valence-electron chi connectivity index (χ0n) is 15.6. The van der Waals surface area contributed by atoms with Gasteiger partial charge in [0.1, 0.15) is 5.82 Å². The second-order valence-corrected chi connectivity index (χ2v) is 6.97. The van der Waals surface area contributed by atoms with Crippen LogP contribution in [0.15, 0.2) is 35.4 Å². The molecule has 9 nitrogen and oxygen atoms in total. The molecule has 1 saturated carbocycles. The molecule has 1 aliphatic heterocycles. The molecule has 2 fully saturated rings. The third kappa shape index (κ3) is 3.60. The van der Waals surface area contributed by atoms with Gasteiger partial charge in [0.05, 0.1) is 6.54 Å². The van der Waals surface area contributed by atoms with Crippen LogP contribution in [0.4, 0.5) is 5.95 Å². The van der Waals surface area contributed by atoms with Gasteiger partial charge in [0, 0.05) is 12.8 Å². The number of ether oxygens (including phenoxy) is 2. The smallest absolute Gasteiger partial charge is 0.369 e. The van der Waals surface area contributed by atoms with E-state index in [1.807, 2.05) is 37.3 Å². The van der Waals surface area contributed by atoms with Crippen molar-refractivity contribution in [3.63, 3.8) is 0 Å². The van der Waals surface area contributed by atoms with E-state index in [4.69, 9.17) is 9.47 Å². The molecular formula is C19H21N5O4. The maximum Gasteiger partial charge on any atom is 0.369 e. The minimum atomic E-state index is -1.13. The number of nitrogens with zero attached hydrogens (tertiary/aromatic N) is 4. The van der Waals surface area contributed by atoms with Crippen molar-refractivity contribution in [1.82, 2.24) is 14.8 Å². The van der Waals surface area contributed by atoms with Gasteiger partial charge in [-0.05, 0) is 25.3 Å². The van der Waals surface area contributed by atoms with Crippen molar-refractivity contribution < 1.29 is 19.1 Å². The summed E-state index contributed by atoms with van der Waals surface area (Å²) in [5, 5.41) is 12.0. The first-order chi connectivity index (χ1) is 13.6. The van der Waals surface area contributed by atoms with Gasteiger partial charge in [0.2, 0.25) is 5.95 Å². The fourth-order valence-electron chi connectivity index (χ4n) is 3.45. The molecular weight excluding hydrogens is 362 g/mol. The Morgan fingerprint density at radius 1 is 1.07 bits per heavy atom. The molecule has 0 atom stereocenters. The molecule has 1 aromatic carbocycles. The molecule has 9 heteroatoms.